The molecule has 0 aromatic heterocycles. The minimum Gasteiger partial charge on any atom is -0.489 e. The number of ether oxygens (including phenoxy) is 2. The Balaban J connectivity index is 2.07. The molecule has 0 N–H and O–H groups in total. The normalized spacial score (nSPS) is 10.8. The first-order valence-electron chi connectivity index (χ1n) is 5.94. The average molecular weight is 293 g/mol. The van der Waals surface area contributed by atoms with Crippen molar-refractivity contribution in [1.29, 1.82) is 5.26 Å². The molecule has 0 bridgehead atoms. The number of benzene rings is 2. The SMILES string of the molecule is N#Cc1ccc(OCc2ccccc2OC(F)(F)F)cc1. The van der Waals surface area contributed by atoms with E-state index in [0.29, 0.717) is 11.3 Å². The molecule has 6 heteroatoms. The first-order valence-corrected chi connectivity index (χ1v) is 5.94. The topological polar surface area (TPSA) is 42.2 Å². The number of halogens is 3. The van der Waals surface area contributed by atoms with E-state index in [1.807, 2.05) is 6.07 Å². The van der Waals surface area contributed by atoms with Crippen molar-refractivity contribution >= 4 is 0 Å². The highest BCUT2D eigenvalue weighted by Crippen LogP contribution is 2.27. The van der Waals surface area contributed by atoms with Crippen LogP contribution in [0.15, 0.2) is 48.5 Å². The molecule has 0 aliphatic heterocycles. The Bertz CT molecular complexity index is 645. The van der Waals surface area contributed by atoms with Gasteiger partial charge in [0, 0.05) is 5.56 Å². The van der Waals surface area contributed by atoms with E-state index in [-0.39, 0.29) is 17.9 Å². The van der Waals surface area contributed by atoms with Crippen LogP contribution in [-0.4, -0.2) is 6.36 Å². The van der Waals surface area contributed by atoms with Crippen LogP contribution in [0.25, 0.3) is 0 Å². The maximum Gasteiger partial charge on any atom is 0.573 e. The fraction of sp³-hybridized carbons (Fsp3) is 0.133. The second kappa shape index (κ2) is 6.18. The maximum atomic E-state index is 12.3. The molecule has 3 nitrogen and oxygen atoms in total. The van der Waals surface area contributed by atoms with E-state index in [9.17, 15) is 13.2 Å². The number of rotatable bonds is 4. The lowest BCUT2D eigenvalue weighted by atomic mass is 10.2. The highest BCUT2D eigenvalue weighted by Gasteiger charge is 2.32. The van der Waals surface area contributed by atoms with Gasteiger partial charge in [0.1, 0.15) is 18.1 Å². The van der Waals surface area contributed by atoms with Gasteiger partial charge in [0.05, 0.1) is 11.6 Å². The van der Waals surface area contributed by atoms with Gasteiger partial charge in [0.15, 0.2) is 0 Å². The van der Waals surface area contributed by atoms with E-state index in [1.54, 1.807) is 30.3 Å². The smallest absolute Gasteiger partial charge is 0.489 e. The van der Waals surface area contributed by atoms with Crippen LogP contribution in [-0.2, 0) is 6.61 Å². The zero-order valence-corrected chi connectivity index (χ0v) is 10.7. The van der Waals surface area contributed by atoms with Crippen LogP contribution in [0.3, 0.4) is 0 Å². The molecule has 0 unspecified atom stereocenters. The van der Waals surface area contributed by atoms with Crippen molar-refractivity contribution in [3.8, 4) is 17.6 Å². The van der Waals surface area contributed by atoms with Gasteiger partial charge >= 0.3 is 6.36 Å². The van der Waals surface area contributed by atoms with Gasteiger partial charge in [-0.25, -0.2) is 0 Å². The minimum absolute atomic E-state index is 0.0713. The monoisotopic (exact) mass is 293 g/mol. The van der Waals surface area contributed by atoms with Crippen LogP contribution >= 0.6 is 0 Å². The second-order valence-corrected chi connectivity index (χ2v) is 4.08. The van der Waals surface area contributed by atoms with Crippen molar-refractivity contribution in [1.82, 2.24) is 0 Å². The lowest BCUT2D eigenvalue weighted by Gasteiger charge is -2.13. The van der Waals surface area contributed by atoms with Crippen molar-refractivity contribution in [3.63, 3.8) is 0 Å². The summed E-state index contributed by atoms with van der Waals surface area (Å²) in [4.78, 5) is 0. The quantitative estimate of drug-likeness (QED) is 0.854. The van der Waals surface area contributed by atoms with Gasteiger partial charge in [-0.1, -0.05) is 18.2 Å². The van der Waals surface area contributed by atoms with E-state index < -0.39 is 6.36 Å². The number of nitriles is 1. The molecule has 2 aromatic rings. The summed E-state index contributed by atoms with van der Waals surface area (Å²) in [6.07, 6.45) is -4.75. The fourth-order valence-electron chi connectivity index (χ4n) is 1.63. The molecule has 0 saturated carbocycles. The summed E-state index contributed by atoms with van der Waals surface area (Å²) in [5, 5.41) is 8.67. The summed E-state index contributed by atoms with van der Waals surface area (Å²) < 4.78 is 46.1. The molecule has 0 aliphatic carbocycles. The molecular formula is C15H10F3NO2. The number of alkyl halides is 3. The lowest BCUT2D eigenvalue weighted by Crippen LogP contribution is -2.18. The van der Waals surface area contributed by atoms with Gasteiger partial charge in [-0.3, -0.25) is 0 Å². The summed E-state index contributed by atoms with van der Waals surface area (Å²) >= 11 is 0. The minimum atomic E-state index is -4.75. The molecule has 0 saturated heterocycles. The number of nitrogens with zero attached hydrogens (tertiary/aromatic N) is 1. The molecular weight excluding hydrogens is 283 g/mol. The molecule has 2 rings (SSSR count). The van der Waals surface area contributed by atoms with Crippen LogP contribution in [0, 0.1) is 11.3 Å². The van der Waals surface area contributed by atoms with Crippen LogP contribution in [0.2, 0.25) is 0 Å². The lowest BCUT2D eigenvalue weighted by molar-refractivity contribution is -0.275. The number of para-hydroxylation sites is 1. The third-order valence-electron chi connectivity index (χ3n) is 2.58. The predicted octanol–water partition coefficient (Wildman–Crippen LogP) is 4.04. The first kappa shape index (κ1) is 14.7. The molecule has 108 valence electrons. The van der Waals surface area contributed by atoms with Gasteiger partial charge in [-0.05, 0) is 30.3 Å². The Morgan fingerprint density at radius 3 is 2.29 bits per heavy atom. The summed E-state index contributed by atoms with van der Waals surface area (Å²) in [5.41, 5.74) is 0.752. The van der Waals surface area contributed by atoms with Gasteiger partial charge in [-0.2, -0.15) is 5.26 Å². The van der Waals surface area contributed by atoms with Crippen LogP contribution < -0.4 is 9.47 Å². The van der Waals surface area contributed by atoms with Crippen LogP contribution in [0.5, 0.6) is 11.5 Å². The van der Waals surface area contributed by atoms with E-state index in [4.69, 9.17) is 10.00 Å². The zero-order valence-electron chi connectivity index (χ0n) is 10.7. The zero-order chi connectivity index (χ0) is 15.3. The highest BCUT2D eigenvalue weighted by molar-refractivity contribution is 5.36. The Hall–Kier alpha value is -2.68. The molecule has 21 heavy (non-hydrogen) atoms. The summed E-state index contributed by atoms with van der Waals surface area (Å²) in [6, 6.07) is 14.0. The third kappa shape index (κ3) is 4.42. The predicted molar refractivity (Wildman–Crippen MR) is 68.6 cm³/mol. The fourth-order valence-corrected chi connectivity index (χ4v) is 1.63. The standard InChI is InChI=1S/C15H10F3NO2/c16-15(17,18)21-14-4-2-1-3-12(14)10-20-13-7-5-11(9-19)6-8-13/h1-8H,10H2. The Morgan fingerprint density at radius 1 is 1.00 bits per heavy atom. The largest absolute Gasteiger partial charge is 0.573 e. The number of hydrogen-bond donors (Lipinski definition) is 0. The first-order chi connectivity index (χ1) is 9.98. The number of hydrogen-bond acceptors (Lipinski definition) is 3. The third-order valence-corrected chi connectivity index (χ3v) is 2.58. The molecule has 0 fully saturated rings. The Kier molecular flexibility index (Phi) is 4.33. The van der Waals surface area contributed by atoms with Gasteiger partial charge < -0.3 is 9.47 Å². The molecule has 0 atom stereocenters. The van der Waals surface area contributed by atoms with Gasteiger partial charge in [-0.15, -0.1) is 13.2 Å². The Labute approximate surface area is 119 Å². The second-order valence-electron chi connectivity index (χ2n) is 4.08. The van der Waals surface area contributed by atoms with Gasteiger partial charge in [0.2, 0.25) is 0 Å². The van der Waals surface area contributed by atoms with Crippen LogP contribution in [0.1, 0.15) is 11.1 Å². The van der Waals surface area contributed by atoms with Crippen molar-refractivity contribution < 1.29 is 22.6 Å². The molecule has 2 aromatic carbocycles. The molecule has 0 amide bonds. The highest BCUT2D eigenvalue weighted by atomic mass is 19.4. The molecule has 0 heterocycles. The molecule has 0 aliphatic rings. The average Bonchev–Trinajstić information content (AvgIpc) is 2.45. The van der Waals surface area contributed by atoms with Crippen molar-refractivity contribution in [2.24, 2.45) is 0 Å². The van der Waals surface area contributed by atoms with Gasteiger partial charge in [0.25, 0.3) is 0 Å². The van der Waals surface area contributed by atoms with E-state index in [0.717, 1.165) is 0 Å². The van der Waals surface area contributed by atoms with Crippen LogP contribution in [0.4, 0.5) is 13.2 Å². The molecule has 0 spiro atoms. The summed E-state index contributed by atoms with van der Waals surface area (Å²) in [7, 11) is 0. The van der Waals surface area contributed by atoms with Crippen molar-refractivity contribution in [2.75, 3.05) is 0 Å². The summed E-state index contributed by atoms with van der Waals surface area (Å²) in [5.74, 6) is 0.162. The maximum absolute atomic E-state index is 12.3. The Morgan fingerprint density at radius 2 is 1.67 bits per heavy atom. The van der Waals surface area contributed by atoms with E-state index in [1.165, 1.54) is 18.2 Å². The van der Waals surface area contributed by atoms with E-state index >= 15 is 0 Å². The summed E-state index contributed by atoms with van der Waals surface area (Å²) in [6.45, 7) is -0.0713. The molecule has 0 radical (unpaired) electrons. The van der Waals surface area contributed by atoms with Crippen molar-refractivity contribution in [2.45, 2.75) is 13.0 Å². The van der Waals surface area contributed by atoms with Crippen molar-refractivity contribution in [3.05, 3.63) is 59.7 Å². The van der Waals surface area contributed by atoms with E-state index in [2.05, 4.69) is 4.74 Å².